The number of primary amides is 1. The predicted molar refractivity (Wildman–Crippen MR) is 124 cm³/mol. The van der Waals surface area contributed by atoms with Gasteiger partial charge in [-0.3, -0.25) is 4.79 Å². The van der Waals surface area contributed by atoms with Crippen LogP contribution in [0.15, 0.2) is 48.8 Å². The highest BCUT2D eigenvalue weighted by Gasteiger charge is 2.29. The number of carbonyl (C=O) groups is 2. The van der Waals surface area contributed by atoms with Crippen LogP contribution in [0, 0.1) is 0 Å². The minimum absolute atomic E-state index is 0.0457. The summed E-state index contributed by atoms with van der Waals surface area (Å²) >= 11 is 0. The van der Waals surface area contributed by atoms with Crippen LogP contribution in [0.1, 0.15) is 44.0 Å². The Morgan fingerprint density at radius 2 is 1.94 bits per heavy atom. The molecule has 0 bridgehead atoms. The van der Waals surface area contributed by atoms with E-state index in [0.717, 1.165) is 29.5 Å². The quantitative estimate of drug-likeness (QED) is 0.647. The lowest BCUT2D eigenvalue weighted by Gasteiger charge is -2.35. The minimum Gasteiger partial charge on any atom is -0.444 e. The number of amides is 2. The minimum atomic E-state index is -0.551. The summed E-state index contributed by atoms with van der Waals surface area (Å²) in [5, 5.41) is 7.85. The van der Waals surface area contributed by atoms with Crippen molar-refractivity contribution in [2.24, 2.45) is 5.73 Å². The topological polar surface area (TPSA) is 102 Å². The molecule has 8 nitrogen and oxygen atoms in total. The molecule has 0 aliphatic carbocycles. The number of rotatable bonds is 4. The molecule has 1 unspecified atom stereocenters. The Labute approximate surface area is 187 Å². The van der Waals surface area contributed by atoms with Gasteiger partial charge in [-0.05, 0) is 45.2 Å². The van der Waals surface area contributed by atoms with Gasteiger partial charge in [0, 0.05) is 30.9 Å². The van der Waals surface area contributed by atoms with Crippen LogP contribution in [0.25, 0.3) is 16.6 Å². The van der Waals surface area contributed by atoms with Crippen LogP contribution < -0.4 is 11.1 Å². The smallest absolute Gasteiger partial charge is 0.410 e. The molecular formula is C24H29N5O3. The molecule has 8 heteroatoms. The van der Waals surface area contributed by atoms with Gasteiger partial charge < -0.3 is 20.7 Å². The van der Waals surface area contributed by atoms with E-state index in [4.69, 9.17) is 10.5 Å². The summed E-state index contributed by atoms with van der Waals surface area (Å²) in [6.07, 6.45) is 4.78. The van der Waals surface area contributed by atoms with E-state index in [1.165, 1.54) is 6.20 Å². The molecule has 3 aromatic rings. The SMILES string of the molecule is CC(C)(C)OC(=O)N1CCCC(Nc2c(C(N)=O)cnn3cc(-c4ccccc4)cc23)C1. The van der Waals surface area contributed by atoms with Gasteiger partial charge in [-0.2, -0.15) is 5.10 Å². The second-order valence-electron chi connectivity index (χ2n) is 9.13. The molecule has 1 fully saturated rings. The number of benzene rings is 1. The third-order valence-electron chi connectivity index (χ3n) is 5.43. The Balaban J connectivity index is 1.64. The van der Waals surface area contributed by atoms with Crippen LogP contribution in [0.2, 0.25) is 0 Å². The van der Waals surface area contributed by atoms with Crippen LogP contribution in [0.4, 0.5) is 10.5 Å². The number of aromatic nitrogens is 2. The van der Waals surface area contributed by atoms with Gasteiger partial charge in [0.15, 0.2) is 0 Å². The lowest BCUT2D eigenvalue weighted by Crippen LogP contribution is -2.47. The number of hydrogen-bond donors (Lipinski definition) is 2. The number of anilines is 1. The van der Waals surface area contributed by atoms with Crippen LogP contribution in [0.5, 0.6) is 0 Å². The zero-order chi connectivity index (χ0) is 22.9. The van der Waals surface area contributed by atoms with Gasteiger partial charge in [0.05, 0.1) is 23.0 Å². The molecule has 3 N–H and O–H groups in total. The number of ether oxygens (including phenoxy) is 1. The summed E-state index contributed by atoms with van der Waals surface area (Å²) in [6, 6.07) is 11.9. The Morgan fingerprint density at radius 1 is 1.19 bits per heavy atom. The summed E-state index contributed by atoms with van der Waals surface area (Å²) in [7, 11) is 0. The standard InChI is InChI=1S/C24H29N5O3/c1-24(2,3)32-23(31)28-11-7-10-18(15-28)27-21-19(22(25)30)13-26-29-14-17(12-20(21)29)16-8-5-4-6-9-16/h4-6,8-9,12-14,18,27H,7,10-11,15H2,1-3H3,(H2,25,30). The van der Waals surface area contributed by atoms with Crippen molar-refractivity contribution in [2.75, 3.05) is 18.4 Å². The number of piperidine rings is 1. The molecule has 1 aliphatic heterocycles. The van der Waals surface area contributed by atoms with Crippen LogP contribution in [-0.2, 0) is 4.74 Å². The molecule has 2 amide bonds. The number of nitrogens with zero attached hydrogens (tertiary/aromatic N) is 3. The fourth-order valence-corrected chi connectivity index (χ4v) is 3.98. The highest BCUT2D eigenvalue weighted by molar-refractivity contribution is 6.02. The maximum atomic E-state index is 12.5. The molecule has 32 heavy (non-hydrogen) atoms. The van der Waals surface area contributed by atoms with Gasteiger partial charge in [0.25, 0.3) is 5.91 Å². The van der Waals surface area contributed by atoms with Crippen molar-refractivity contribution in [1.82, 2.24) is 14.5 Å². The van der Waals surface area contributed by atoms with E-state index in [9.17, 15) is 9.59 Å². The summed E-state index contributed by atoms with van der Waals surface area (Å²) in [5.41, 5.74) is 8.87. The highest BCUT2D eigenvalue weighted by atomic mass is 16.6. The number of likely N-dealkylation sites (tertiary alicyclic amines) is 1. The maximum Gasteiger partial charge on any atom is 0.410 e. The number of fused-ring (bicyclic) bond motifs is 1. The molecule has 0 saturated carbocycles. The van der Waals surface area contributed by atoms with E-state index in [-0.39, 0.29) is 12.1 Å². The summed E-state index contributed by atoms with van der Waals surface area (Å²) in [5.74, 6) is -0.551. The average Bonchev–Trinajstić information content (AvgIpc) is 3.18. The third-order valence-corrected chi connectivity index (χ3v) is 5.43. The van der Waals surface area contributed by atoms with Crippen molar-refractivity contribution in [3.05, 3.63) is 54.4 Å². The van der Waals surface area contributed by atoms with Gasteiger partial charge >= 0.3 is 6.09 Å². The molecule has 168 valence electrons. The lowest BCUT2D eigenvalue weighted by molar-refractivity contribution is 0.0206. The Kier molecular flexibility index (Phi) is 5.78. The van der Waals surface area contributed by atoms with Gasteiger partial charge in [0.2, 0.25) is 0 Å². The van der Waals surface area contributed by atoms with Crippen molar-refractivity contribution in [2.45, 2.75) is 45.3 Å². The first-order chi connectivity index (χ1) is 15.2. The molecular weight excluding hydrogens is 406 g/mol. The number of nitrogens with two attached hydrogens (primary N) is 1. The van der Waals surface area contributed by atoms with Crippen molar-refractivity contribution in [3.63, 3.8) is 0 Å². The fraction of sp³-hybridized carbons (Fsp3) is 0.375. The fourth-order valence-electron chi connectivity index (χ4n) is 3.98. The lowest BCUT2D eigenvalue weighted by atomic mass is 10.0. The van der Waals surface area contributed by atoms with E-state index in [1.807, 2.05) is 63.4 Å². The van der Waals surface area contributed by atoms with E-state index in [2.05, 4.69) is 10.4 Å². The maximum absolute atomic E-state index is 12.5. The van der Waals surface area contributed by atoms with Crippen LogP contribution in [0.3, 0.4) is 0 Å². The first kappa shape index (κ1) is 21.7. The second kappa shape index (κ2) is 8.53. The molecule has 1 atom stereocenters. The second-order valence-corrected chi connectivity index (χ2v) is 9.13. The van der Waals surface area contributed by atoms with Crippen molar-refractivity contribution < 1.29 is 14.3 Å². The first-order valence-corrected chi connectivity index (χ1v) is 10.8. The van der Waals surface area contributed by atoms with Gasteiger partial charge in [-0.15, -0.1) is 0 Å². The van der Waals surface area contributed by atoms with Crippen molar-refractivity contribution >= 4 is 23.2 Å². The van der Waals surface area contributed by atoms with E-state index < -0.39 is 11.5 Å². The molecule has 1 saturated heterocycles. The molecule has 2 aromatic heterocycles. The predicted octanol–water partition coefficient (Wildman–Crippen LogP) is 3.91. The molecule has 1 aromatic carbocycles. The summed E-state index contributed by atoms with van der Waals surface area (Å²) in [4.78, 5) is 26.4. The molecule has 1 aliphatic rings. The Morgan fingerprint density at radius 3 is 2.62 bits per heavy atom. The van der Waals surface area contributed by atoms with E-state index >= 15 is 0 Å². The van der Waals surface area contributed by atoms with Gasteiger partial charge in [-0.25, -0.2) is 9.31 Å². The number of hydrogen-bond acceptors (Lipinski definition) is 5. The largest absolute Gasteiger partial charge is 0.444 e. The number of carbonyl (C=O) groups excluding carboxylic acids is 2. The molecule has 3 heterocycles. The Bertz CT molecular complexity index is 1130. The number of nitrogens with one attached hydrogen (secondary N) is 1. The van der Waals surface area contributed by atoms with E-state index in [1.54, 1.807) is 9.42 Å². The first-order valence-electron chi connectivity index (χ1n) is 10.8. The summed E-state index contributed by atoms with van der Waals surface area (Å²) in [6.45, 7) is 6.69. The Hall–Kier alpha value is -3.55. The monoisotopic (exact) mass is 435 g/mol. The average molecular weight is 436 g/mol. The zero-order valence-electron chi connectivity index (χ0n) is 18.7. The van der Waals surface area contributed by atoms with Gasteiger partial charge in [0.1, 0.15) is 5.60 Å². The highest BCUT2D eigenvalue weighted by Crippen LogP contribution is 2.30. The third kappa shape index (κ3) is 4.69. The molecule has 0 radical (unpaired) electrons. The van der Waals surface area contributed by atoms with Gasteiger partial charge in [-0.1, -0.05) is 30.3 Å². The molecule has 0 spiro atoms. The van der Waals surface area contributed by atoms with E-state index in [0.29, 0.717) is 24.3 Å². The van der Waals surface area contributed by atoms with Crippen molar-refractivity contribution in [1.29, 1.82) is 0 Å². The van der Waals surface area contributed by atoms with Crippen LogP contribution in [-0.4, -0.2) is 51.2 Å². The zero-order valence-corrected chi connectivity index (χ0v) is 18.7. The molecule has 4 rings (SSSR count). The van der Waals surface area contributed by atoms with Crippen LogP contribution >= 0.6 is 0 Å². The normalized spacial score (nSPS) is 16.7. The van der Waals surface area contributed by atoms with Crippen molar-refractivity contribution in [3.8, 4) is 11.1 Å². The summed E-state index contributed by atoms with van der Waals surface area (Å²) < 4.78 is 7.27.